The van der Waals surface area contributed by atoms with Crippen LogP contribution in [0.15, 0.2) is 54.6 Å². The first-order valence-electron chi connectivity index (χ1n) is 9.24. The fourth-order valence-corrected chi connectivity index (χ4v) is 3.89. The molecule has 0 bridgehead atoms. The minimum atomic E-state index is -0.117. The van der Waals surface area contributed by atoms with E-state index in [0.29, 0.717) is 11.8 Å². The van der Waals surface area contributed by atoms with Crippen LogP contribution < -0.4 is 5.32 Å². The molecule has 3 rings (SSSR count). The number of anilines is 1. The average molecular weight is 336 g/mol. The lowest BCUT2D eigenvalue weighted by Crippen LogP contribution is -2.48. The van der Waals surface area contributed by atoms with Crippen LogP contribution in [0, 0.1) is 11.8 Å². The van der Waals surface area contributed by atoms with E-state index in [1.54, 1.807) is 0 Å². The number of hydrogen-bond acceptors (Lipinski definition) is 2. The molecule has 25 heavy (non-hydrogen) atoms. The molecule has 0 aliphatic carbocycles. The van der Waals surface area contributed by atoms with Crippen LogP contribution in [0.4, 0.5) is 5.69 Å². The van der Waals surface area contributed by atoms with Crippen LogP contribution in [0.5, 0.6) is 0 Å². The molecule has 1 aliphatic rings. The largest absolute Gasteiger partial charge is 0.324 e. The summed E-state index contributed by atoms with van der Waals surface area (Å²) in [6.07, 6.45) is 1.25. The molecule has 3 nitrogen and oxygen atoms in total. The standard InChI is InChI=1S/C22H28N2O/c1-16-13-17(2)15-24(14-16)18(3)22(25)23-21-12-8-7-11-20(21)19-9-5-4-6-10-19/h4-12,16-18H,13-15H2,1-3H3,(H,23,25)/t16-,17-,18-/m0/s1. The third kappa shape index (κ3) is 4.29. The van der Waals surface area contributed by atoms with Crippen LogP contribution in [-0.4, -0.2) is 29.9 Å². The topological polar surface area (TPSA) is 32.3 Å². The Morgan fingerprint density at radius 2 is 1.60 bits per heavy atom. The van der Waals surface area contributed by atoms with Crippen molar-refractivity contribution in [1.82, 2.24) is 4.90 Å². The molecule has 1 fully saturated rings. The Kier molecular flexibility index (Phi) is 5.54. The Bertz CT molecular complexity index is 703. The molecule has 1 N–H and O–H groups in total. The molecule has 1 aliphatic heterocycles. The van der Waals surface area contributed by atoms with Gasteiger partial charge in [-0.3, -0.25) is 9.69 Å². The molecular weight excluding hydrogens is 308 g/mol. The second-order valence-electron chi connectivity index (χ2n) is 7.48. The van der Waals surface area contributed by atoms with Crippen molar-refractivity contribution in [2.75, 3.05) is 18.4 Å². The van der Waals surface area contributed by atoms with Crippen LogP contribution in [0.3, 0.4) is 0 Å². The Hall–Kier alpha value is -2.13. The number of carbonyl (C=O) groups excluding carboxylic acids is 1. The molecule has 1 heterocycles. The molecule has 0 unspecified atom stereocenters. The predicted molar refractivity (Wildman–Crippen MR) is 104 cm³/mol. The van der Waals surface area contributed by atoms with Gasteiger partial charge in [0.05, 0.1) is 6.04 Å². The molecule has 0 radical (unpaired) electrons. The number of rotatable bonds is 4. The van der Waals surface area contributed by atoms with Gasteiger partial charge in [-0.15, -0.1) is 0 Å². The Morgan fingerprint density at radius 3 is 2.28 bits per heavy atom. The minimum absolute atomic E-state index is 0.0738. The maximum atomic E-state index is 12.9. The number of nitrogens with one attached hydrogen (secondary N) is 1. The predicted octanol–water partition coefficient (Wildman–Crippen LogP) is 4.66. The second kappa shape index (κ2) is 7.83. The molecule has 2 aromatic rings. The van der Waals surface area contributed by atoms with Crippen molar-refractivity contribution in [1.29, 1.82) is 0 Å². The van der Waals surface area contributed by atoms with Crippen LogP contribution >= 0.6 is 0 Å². The fraction of sp³-hybridized carbons (Fsp3) is 0.409. The Morgan fingerprint density at radius 1 is 1.00 bits per heavy atom. The first-order valence-corrected chi connectivity index (χ1v) is 9.24. The van der Waals surface area contributed by atoms with Crippen LogP contribution in [-0.2, 0) is 4.79 Å². The van der Waals surface area contributed by atoms with Gasteiger partial charge in [-0.2, -0.15) is 0 Å². The van der Waals surface area contributed by atoms with Crippen molar-refractivity contribution in [2.45, 2.75) is 33.2 Å². The molecule has 1 saturated heterocycles. The van der Waals surface area contributed by atoms with E-state index >= 15 is 0 Å². The van der Waals surface area contributed by atoms with Gasteiger partial charge in [0.25, 0.3) is 0 Å². The molecule has 0 aromatic heterocycles. The molecule has 3 atom stereocenters. The highest BCUT2D eigenvalue weighted by Crippen LogP contribution is 2.28. The maximum absolute atomic E-state index is 12.9. The van der Waals surface area contributed by atoms with Crippen LogP contribution in [0.25, 0.3) is 11.1 Å². The molecule has 0 saturated carbocycles. The summed E-state index contributed by atoms with van der Waals surface area (Å²) in [5.74, 6) is 1.37. The van der Waals surface area contributed by atoms with Crippen molar-refractivity contribution in [3.63, 3.8) is 0 Å². The summed E-state index contributed by atoms with van der Waals surface area (Å²) in [6, 6.07) is 18.1. The highest BCUT2D eigenvalue weighted by atomic mass is 16.2. The summed E-state index contributed by atoms with van der Waals surface area (Å²) in [5.41, 5.74) is 3.05. The number of benzene rings is 2. The number of carbonyl (C=O) groups is 1. The summed E-state index contributed by atoms with van der Waals surface area (Å²) in [6.45, 7) is 8.57. The number of likely N-dealkylation sites (tertiary alicyclic amines) is 1. The zero-order valence-electron chi connectivity index (χ0n) is 15.4. The molecular formula is C22H28N2O. The first kappa shape index (κ1) is 17.7. The van der Waals surface area contributed by atoms with Gasteiger partial charge in [-0.25, -0.2) is 0 Å². The van der Waals surface area contributed by atoms with E-state index in [0.717, 1.165) is 29.9 Å². The lowest BCUT2D eigenvalue weighted by atomic mass is 9.91. The quantitative estimate of drug-likeness (QED) is 0.881. The minimum Gasteiger partial charge on any atom is -0.324 e. The van der Waals surface area contributed by atoms with E-state index in [2.05, 4.69) is 42.3 Å². The summed E-state index contributed by atoms with van der Waals surface area (Å²) < 4.78 is 0. The number of piperidine rings is 1. The van der Waals surface area contributed by atoms with Gasteiger partial charge in [-0.1, -0.05) is 62.4 Å². The van der Waals surface area contributed by atoms with E-state index in [9.17, 15) is 4.79 Å². The molecule has 132 valence electrons. The number of para-hydroxylation sites is 1. The third-order valence-corrected chi connectivity index (χ3v) is 5.09. The van der Waals surface area contributed by atoms with Crippen molar-refractivity contribution in [3.8, 4) is 11.1 Å². The average Bonchev–Trinajstić information content (AvgIpc) is 2.61. The highest BCUT2D eigenvalue weighted by molar-refractivity contribution is 5.98. The molecule has 2 aromatic carbocycles. The first-order chi connectivity index (χ1) is 12.0. The number of amides is 1. The smallest absolute Gasteiger partial charge is 0.241 e. The fourth-order valence-electron chi connectivity index (χ4n) is 3.89. The molecule has 0 spiro atoms. The van der Waals surface area contributed by atoms with Crippen LogP contribution in [0.2, 0.25) is 0 Å². The van der Waals surface area contributed by atoms with Gasteiger partial charge in [0.15, 0.2) is 0 Å². The van der Waals surface area contributed by atoms with Gasteiger partial charge in [0.2, 0.25) is 5.91 Å². The van der Waals surface area contributed by atoms with Gasteiger partial charge < -0.3 is 5.32 Å². The van der Waals surface area contributed by atoms with E-state index in [1.165, 1.54) is 6.42 Å². The van der Waals surface area contributed by atoms with E-state index < -0.39 is 0 Å². The van der Waals surface area contributed by atoms with Gasteiger partial charge in [0, 0.05) is 24.3 Å². The highest BCUT2D eigenvalue weighted by Gasteiger charge is 2.29. The van der Waals surface area contributed by atoms with E-state index in [-0.39, 0.29) is 11.9 Å². The van der Waals surface area contributed by atoms with Gasteiger partial charge >= 0.3 is 0 Å². The SMILES string of the molecule is C[C@H]1C[C@H](C)CN([C@@H](C)C(=O)Nc2ccccc2-c2ccccc2)C1. The zero-order chi connectivity index (χ0) is 17.8. The number of nitrogens with zero attached hydrogens (tertiary/aromatic N) is 1. The van der Waals surface area contributed by atoms with E-state index in [4.69, 9.17) is 0 Å². The zero-order valence-corrected chi connectivity index (χ0v) is 15.4. The lowest BCUT2D eigenvalue weighted by Gasteiger charge is -2.38. The second-order valence-corrected chi connectivity index (χ2v) is 7.48. The number of hydrogen-bond donors (Lipinski definition) is 1. The van der Waals surface area contributed by atoms with Crippen molar-refractivity contribution in [3.05, 3.63) is 54.6 Å². The summed E-state index contributed by atoms with van der Waals surface area (Å²) in [7, 11) is 0. The van der Waals surface area contributed by atoms with Crippen molar-refractivity contribution in [2.24, 2.45) is 11.8 Å². The molecule has 1 amide bonds. The Labute approximate surface area is 151 Å². The maximum Gasteiger partial charge on any atom is 0.241 e. The van der Waals surface area contributed by atoms with Gasteiger partial charge in [-0.05, 0) is 36.8 Å². The monoisotopic (exact) mass is 336 g/mol. The summed E-state index contributed by atoms with van der Waals surface area (Å²) in [5, 5.41) is 3.16. The van der Waals surface area contributed by atoms with Crippen LogP contribution in [0.1, 0.15) is 27.2 Å². The Balaban J connectivity index is 1.75. The van der Waals surface area contributed by atoms with Gasteiger partial charge in [0.1, 0.15) is 0 Å². The summed E-state index contributed by atoms with van der Waals surface area (Å²) in [4.78, 5) is 15.2. The van der Waals surface area contributed by atoms with Crippen molar-refractivity contribution < 1.29 is 4.79 Å². The lowest BCUT2D eigenvalue weighted by molar-refractivity contribution is -0.121. The summed E-state index contributed by atoms with van der Waals surface area (Å²) >= 11 is 0. The van der Waals surface area contributed by atoms with E-state index in [1.807, 2.05) is 43.3 Å². The van der Waals surface area contributed by atoms with Crippen molar-refractivity contribution >= 4 is 11.6 Å². The normalized spacial score (nSPS) is 22.4. The molecule has 3 heteroatoms. The third-order valence-electron chi connectivity index (χ3n) is 5.09.